The molecule has 0 radical (unpaired) electrons. The van der Waals surface area contributed by atoms with E-state index in [1.807, 2.05) is 31.2 Å². The highest BCUT2D eigenvalue weighted by Crippen LogP contribution is 2.20. The molecule has 0 saturated carbocycles. The van der Waals surface area contributed by atoms with E-state index in [0.29, 0.717) is 11.8 Å². The second-order valence-corrected chi connectivity index (χ2v) is 6.40. The van der Waals surface area contributed by atoms with E-state index >= 15 is 0 Å². The van der Waals surface area contributed by atoms with Crippen molar-refractivity contribution in [3.63, 3.8) is 0 Å². The lowest BCUT2D eigenvalue weighted by Gasteiger charge is -2.18. The molecule has 28 heavy (non-hydrogen) atoms. The quantitative estimate of drug-likeness (QED) is 0.722. The Labute approximate surface area is 160 Å². The van der Waals surface area contributed by atoms with Crippen LogP contribution in [-0.2, 0) is 4.79 Å². The van der Waals surface area contributed by atoms with Gasteiger partial charge in [-0.25, -0.2) is 13.5 Å². The van der Waals surface area contributed by atoms with Crippen molar-refractivity contribution in [2.45, 2.75) is 26.3 Å². The largest absolute Gasteiger partial charge is 0.322 e. The van der Waals surface area contributed by atoms with Crippen LogP contribution in [0.1, 0.15) is 24.9 Å². The first kappa shape index (κ1) is 19.4. The summed E-state index contributed by atoms with van der Waals surface area (Å²) < 4.78 is 28.0. The van der Waals surface area contributed by atoms with Crippen molar-refractivity contribution < 1.29 is 13.6 Å². The summed E-state index contributed by atoms with van der Waals surface area (Å²) in [6.45, 7) is 3.68. The lowest BCUT2D eigenvalue weighted by molar-refractivity contribution is -0.119. The first-order chi connectivity index (χ1) is 13.4. The molecule has 1 heterocycles. The molecule has 1 amide bonds. The number of amides is 1. The Morgan fingerprint density at radius 1 is 1.11 bits per heavy atom. The molecule has 5 nitrogen and oxygen atoms in total. The van der Waals surface area contributed by atoms with E-state index in [2.05, 4.69) is 10.4 Å². The summed E-state index contributed by atoms with van der Waals surface area (Å²) in [5, 5.41) is 6.73. The minimum Gasteiger partial charge on any atom is -0.322 e. The molecular weight excluding hydrogens is 364 g/mol. The molecule has 3 aromatic rings. The number of carbonyl (C=O) groups is 1. The van der Waals surface area contributed by atoms with Crippen LogP contribution in [-0.4, -0.2) is 15.7 Å². The zero-order chi connectivity index (χ0) is 20.3. The molecule has 0 saturated heterocycles. The molecule has 144 valence electrons. The zero-order valence-electron chi connectivity index (χ0n) is 15.4. The summed E-state index contributed by atoms with van der Waals surface area (Å²) >= 11 is 0. The summed E-state index contributed by atoms with van der Waals surface area (Å²) in [7, 11) is 0. The predicted molar refractivity (Wildman–Crippen MR) is 103 cm³/mol. The van der Waals surface area contributed by atoms with Crippen LogP contribution in [0.15, 0.2) is 59.4 Å². The highest BCUT2D eigenvalue weighted by molar-refractivity contribution is 5.93. The van der Waals surface area contributed by atoms with Crippen molar-refractivity contribution in [1.82, 2.24) is 9.78 Å². The maximum atomic E-state index is 13.8. The Bertz CT molecular complexity index is 1060. The van der Waals surface area contributed by atoms with Crippen LogP contribution in [0.4, 0.5) is 14.5 Å². The van der Waals surface area contributed by atoms with E-state index in [1.54, 1.807) is 13.0 Å². The zero-order valence-corrected chi connectivity index (χ0v) is 15.4. The molecule has 3 rings (SSSR count). The molecule has 0 aliphatic heterocycles. The van der Waals surface area contributed by atoms with Crippen LogP contribution >= 0.6 is 0 Å². The van der Waals surface area contributed by atoms with Crippen LogP contribution in [0, 0.1) is 18.6 Å². The number of benzene rings is 2. The Hall–Kier alpha value is -3.35. The van der Waals surface area contributed by atoms with Gasteiger partial charge < -0.3 is 5.32 Å². The first-order valence-corrected chi connectivity index (χ1v) is 8.82. The smallest absolute Gasteiger partial charge is 0.267 e. The fourth-order valence-electron chi connectivity index (χ4n) is 2.80. The third-order valence-corrected chi connectivity index (χ3v) is 4.35. The molecular formula is C21H19F2N3O2. The van der Waals surface area contributed by atoms with Gasteiger partial charge in [0.1, 0.15) is 17.7 Å². The number of aryl methyl sites for hydroxylation is 1. The van der Waals surface area contributed by atoms with Crippen molar-refractivity contribution >= 4 is 11.6 Å². The van der Waals surface area contributed by atoms with Crippen LogP contribution < -0.4 is 10.9 Å². The Balaban J connectivity index is 1.92. The molecule has 1 N–H and O–H groups in total. The van der Waals surface area contributed by atoms with Gasteiger partial charge in [-0.3, -0.25) is 9.59 Å². The van der Waals surface area contributed by atoms with Gasteiger partial charge in [-0.2, -0.15) is 5.10 Å². The molecule has 0 bridgehead atoms. The summed E-state index contributed by atoms with van der Waals surface area (Å²) in [5.41, 5.74) is 1.83. The van der Waals surface area contributed by atoms with Crippen LogP contribution in [0.25, 0.3) is 11.3 Å². The molecule has 0 aliphatic carbocycles. The molecule has 2 aromatic carbocycles. The van der Waals surface area contributed by atoms with Crippen molar-refractivity contribution in [3.05, 3.63) is 82.1 Å². The van der Waals surface area contributed by atoms with E-state index in [0.717, 1.165) is 27.9 Å². The van der Waals surface area contributed by atoms with Gasteiger partial charge in [-0.05, 0) is 31.5 Å². The molecule has 0 spiro atoms. The number of anilines is 1. The molecule has 0 fully saturated rings. The Morgan fingerprint density at radius 3 is 2.46 bits per heavy atom. The maximum Gasteiger partial charge on any atom is 0.267 e. The van der Waals surface area contributed by atoms with E-state index < -0.39 is 29.1 Å². The summed E-state index contributed by atoms with van der Waals surface area (Å²) in [4.78, 5) is 25.0. The number of rotatable bonds is 5. The highest BCUT2D eigenvalue weighted by atomic mass is 19.1. The van der Waals surface area contributed by atoms with Gasteiger partial charge in [-0.15, -0.1) is 0 Å². The van der Waals surface area contributed by atoms with Gasteiger partial charge in [0.05, 0.1) is 11.4 Å². The van der Waals surface area contributed by atoms with E-state index in [-0.39, 0.29) is 12.1 Å². The number of hydrogen-bond donors (Lipinski definition) is 1. The Kier molecular flexibility index (Phi) is 5.63. The number of aromatic nitrogens is 2. The third kappa shape index (κ3) is 4.14. The molecule has 7 heteroatoms. The van der Waals surface area contributed by atoms with Crippen LogP contribution in [0.3, 0.4) is 0 Å². The molecule has 0 aliphatic rings. The average molecular weight is 383 g/mol. The van der Waals surface area contributed by atoms with Crippen molar-refractivity contribution in [1.29, 1.82) is 0 Å². The van der Waals surface area contributed by atoms with Crippen molar-refractivity contribution in [2.75, 3.05) is 5.32 Å². The predicted octanol–water partition coefficient (Wildman–Crippen LogP) is 4.09. The second-order valence-electron chi connectivity index (χ2n) is 6.40. The van der Waals surface area contributed by atoms with Crippen LogP contribution in [0.5, 0.6) is 0 Å². The lowest BCUT2D eigenvalue weighted by Crippen LogP contribution is -2.34. The number of carbonyl (C=O) groups excluding carboxylic acids is 1. The van der Waals surface area contributed by atoms with Gasteiger partial charge in [0.25, 0.3) is 5.56 Å². The fourth-order valence-corrected chi connectivity index (χ4v) is 2.80. The Morgan fingerprint density at radius 2 is 1.82 bits per heavy atom. The first-order valence-electron chi connectivity index (χ1n) is 8.82. The number of nitrogens with zero attached hydrogens (tertiary/aromatic N) is 2. The summed E-state index contributed by atoms with van der Waals surface area (Å²) in [6, 6.07) is 12.5. The van der Waals surface area contributed by atoms with E-state index in [1.165, 1.54) is 6.07 Å². The standard InChI is InChI=1S/C21H19F2N3O2/c1-3-19(21(28)24-18-9-8-15(22)12-16(18)23)26-20(27)11-10-17(25-26)14-6-4-13(2)5-7-14/h4-12,19H,3H2,1-2H3,(H,24,28). The van der Waals surface area contributed by atoms with Crippen molar-refractivity contribution in [2.24, 2.45) is 0 Å². The minimum atomic E-state index is -0.942. The molecule has 1 aromatic heterocycles. The number of hydrogen-bond acceptors (Lipinski definition) is 3. The topological polar surface area (TPSA) is 64.0 Å². The normalized spacial score (nSPS) is 11.9. The number of nitrogens with one attached hydrogen (secondary N) is 1. The third-order valence-electron chi connectivity index (χ3n) is 4.35. The summed E-state index contributed by atoms with van der Waals surface area (Å²) in [5.74, 6) is -2.24. The van der Waals surface area contributed by atoms with E-state index in [4.69, 9.17) is 0 Å². The van der Waals surface area contributed by atoms with Gasteiger partial charge >= 0.3 is 0 Å². The van der Waals surface area contributed by atoms with Gasteiger partial charge in [0.15, 0.2) is 0 Å². The molecule has 1 unspecified atom stereocenters. The average Bonchev–Trinajstić information content (AvgIpc) is 2.67. The minimum absolute atomic E-state index is 0.160. The van der Waals surface area contributed by atoms with Crippen LogP contribution in [0.2, 0.25) is 0 Å². The van der Waals surface area contributed by atoms with Gasteiger partial charge in [-0.1, -0.05) is 36.8 Å². The van der Waals surface area contributed by atoms with Gasteiger partial charge in [0, 0.05) is 17.7 Å². The van der Waals surface area contributed by atoms with Crippen molar-refractivity contribution in [3.8, 4) is 11.3 Å². The highest BCUT2D eigenvalue weighted by Gasteiger charge is 2.22. The fraction of sp³-hybridized carbons (Fsp3) is 0.190. The maximum absolute atomic E-state index is 13.8. The SMILES string of the molecule is CCC(C(=O)Nc1ccc(F)cc1F)n1nc(-c2ccc(C)cc2)ccc1=O. The monoisotopic (exact) mass is 383 g/mol. The van der Waals surface area contributed by atoms with Gasteiger partial charge in [0.2, 0.25) is 5.91 Å². The second kappa shape index (κ2) is 8.12. The van der Waals surface area contributed by atoms with E-state index in [9.17, 15) is 18.4 Å². The lowest BCUT2D eigenvalue weighted by atomic mass is 10.1. The molecule has 1 atom stereocenters. The number of halogens is 2. The summed E-state index contributed by atoms with van der Waals surface area (Å²) in [6.07, 6.45) is 0.263.